The number of nitrogens with two attached hydrogens (primary N) is 1. The minimum Gasteiger partial charge on any atom is -0.474 e. The summed E-state index contributed by atoms with van der Waals surface area (Å²) in [5, 5.41) is 2.86. The molecule has 21 heavy (non-hydrogen) atoms. The molecule has 1 aromatic rings. The van der Waals surface area contributed by atoms with Crippen LogP contribution in [0.5, 0.6) is 5.88 Å². The van der Waals surface area contributed by atoms with Gasteiger partial charge in [-0.2, -0.15) is 0 Å². The summed E-state index contributed by atoms with van der Waals surface area (Å²) < 4.78 is 5.95. The summed E-state index contributed by atoms with van der Waals surface area (Å²) in [5.41, 5.74) is 6.71. The minimum absolute atomic E-state index is 0.118. The molecule has 1 aliphatic carbocycles. The van der Waals surface area contributed by atoms with E-state index >= 15 is 0 Å². The first-order valence-corrected chi connectivity index (χ1v) is 7.84. The van der Waals surface area contributed by atoms with E-state index in [-0.39, 0.29) is 12.0 Å². The quantitative estimate of drug-likeness (QED) is 0.807. The number of carbonyl (C=O) groups excluding carboxylic acids is 1. The molecule has 0 saturated heterocycles. The van der Waals surface area contributed by atoms with Crippen LogP contribution in [0.4, 0.5) is 0 Å². The number of aromatic nitrogens is 1. The number of hydrogen-bond acceptors (Lipinski definition) is 4. The Bertz CT molecular complexity index is 459. The Hall–Kier alpha value is -1.62. The lowest BCUT2D eigenvalue weighted by atomic mass is 10.1. The van der Waals surface area contributed by atoms with Gasteiger partial charge in [0, 0.05) is 18.3 Å². The minimum atomic E-state index is -0.439. The maximum Gasteiger partial charge on any atom is 0.237 e. The van der Waals surface area contributed by atoms with E-state index in [9.17, 15) is 4.79 Å². The van der Waals surface area contributed by atoms with Gasteiger partial charge >= 0.3 is 0 Å². The van der Waals surface area contributed by atoms with E-state index in [0.29, 0.717) is 18.8 Å². The number of ether oxygens (including phenoxy) is 1. The van der Waals surface area contributed by atoms with Gasteiger partial charge in [-0.25, -0.2) is 4.98 Å². The highest BCUT2D eigenvalue weighted by Gasteiger charge is 2.19. The van der Waals surface area contributed by atoms with Gasteiger partial charge in [-0.1, -0.05) is 19.4 Å². The summed E-state index contributed by atoms with van der Waals surface area (Å²) in [6.07, 6.45) is 8.19. The molecule has 0 radical (unpaired) electrons. The Labute approximate surface area is 126 Å². The summed E-state index contributed by atoms with van der Waals surface area (Å²) in [4.78, 5) is 16.2. The zero-order valence-electron chi connectivity index (χ0n) is 12.7. The van der Waals surface area contributed by atoms with E-state index in [1.807, 2.05) is 19.1 Å². The molecule has 5 heteroatoms. The van der Waals surface area contributed by atoms with Crippen LogP contribution in [-0.4, -0.2) is 23.0 Å². The number of rotatable bonds is 7. The number of carbonyl (C=O) groups is 1. The van der Waals surface area contributed by atoms with Crippen molar-refractivity contribution in [3.05, 3.63) is 23.9 Å². The number of amides is 1. The molecular formula is C16H25N3O2. The molecule has 1 heterocycles. The van der Waals surface area contributed by atoms with Crippen LogP contribution >= 0.6 is 0 Å². The fourth-order valence-corrected chi connectivity index (χ4v) is 2.58. The first kappa shape index (κ1) is 15.8. The lowest BCUT2D eigenvalue weighted by molar-refractivity contribution is -0.122. The van der Waals surface area contributed by atoms with Gasteiger partial charge in [0.2, 0.25) is 11.8 Å². The van der Waals surface area contributed by atoms with Crippen molar-refractivity contribution in [3.63, 3.8) is 0 Å². The third-order valence-electron chi connectivity index (χ3n) is 3.82. The van der Waals surface area contributed by atoms with Gasteiger partial charge in [0.05, 0.1) is 6.04 Å². The topological polar surface area (TPSA) is 77.2 Å². The van der Waals surface area contributed by atoms with Crippen LogP contribution in [0, 0.1) is 0 Å². The standard InChI is InChI=1S/C16H25N3O2/c1-2-6-14(17)15(20)19-11-12-7-5-10-18-16(12)21-13-8-3-4-9-13/h5,7,10,13-14H,2-4,6,8-9,11,17H2,1H3,(H,19,20). The van der Waals surface area contributed by atoms with E-state index in [4.69, 9.17) is 10.5 Å². The molecule has 2 rings (SSSR count). The highest BCUT2D eigenvalue weighted by Crippen LogP contribution is 2.24. The SMILES string of the molecule is CCCC(N)C(=O)NCc1cccnc1OC1CCCC1. The molecule has 0 aliphatic heterocycles. The Balaban J connectivity index is 1.91. The molecule has 1 unspecified atom stereocenters. The first-order chi connectivity index (χ1) is 10.2. The molecule has 116 valence electrons. The lowest BCUT2D eigenvalue weighted by Crippen LogP contribution is -2.40. The van der Waals surface area contributed by atoms with E-state index in [0.717, 1.165) is 24.8 Å². The zero-order valence-corrected chi connectivity index (χ0v) is 12.7. The second-order valence-electron chi connectivity index (χ2n) is 5.60. The van der Waals surface area contributed by atoms with Crippen LogP contribution in [0.3, 0.4) is 0 Å². The lowest BCUT2D eigenvalue weighted by Gasteiger charge is -2.16. The second-order valence-corrected chi connectivity index (χ2v) is 5.60. The highest BCUT2D eigenvalue weighted by atomic mass is 16.5. The van der Waals surface area contributed by atoms with Gasteiger partial charge in [0.25, 0.3) is 0 Å². The number of nitrogens with zero attached hydrogens (tertiary/aromatic N) is 1. The molecule has 1 amide bonds. The van der Waals surface area contributed by atoms with Crippen molar-refractivity contribution in [1.82, 2.24) is 10.3 Å². The summed E-state index contributed by atoms with van der Waals surface area (Å²) in [5.74, 6) is 0.515. The normalized spacial score (nSPS) is 16.7. The Morgan fingerprint density at radius 1 is 1.52 bits per heavy atom. The molecule has 3 N–H and O–H groups in total. The van der Waals surface area contributed by atoms with Gasteiger partial charge in [-0.15, -0.1) is 0 Å². The number of pyridine rings is 1. The van der Waals surface area contributed by atoms with E-state index in [1.54, 1.807) is 6.20 Å². The van der Waals surface area contributed by atoms with Gasteiger partial charge in [-0.3, -0.25) is 4.79 Å². The van der Waals surface area contributed by atoms with E-state index in [1.165, 1.54) is 12.8 Å². The molecule has 0 bridgehead atoms. The zero-order chi connectivity index (χ0) is 15.1. The van der Waals surface area contributed by atoms with E-state index < -0.39 is 6.04 Å². The highest BCUT2D eigenvalue weighted by molar-refractivity contribution is 5.81. The molecule has 1 atom stereocenters. The van der Waals surface area contributed by atoms with Crippen molar-refractivity contribution in [2.45, 2.75) is 64.1 Å². The van der Waals surface area contributed by atoms with Crippen molar-refractivity contribution >= 4 is 5.91 Å². The fourth-order valence-electron chi connectivity index (χ4n) is 2.58. The van der Waals surface area contributed by atoms with Gasteiger partial charge < -0.3 is 15.8 Å². The van der Waals surface area contributed by atoms with Crippen LogP contribution in [0.2, 0.25) is 0 Å². The van der Waals surface area contributed by atoms with Crippen molar-refractivity contribution in [2.75, 3.05) is 0 Å². The maximum atomic E-state index is 11.9. The molecule has 1 saturated carbocycles. The molecule has 1 fully saturated rings. The maximum absolute atomic E-state index is 11.9. The third kappa shape index (κ3) is 4.70. The Kier molecular flexibility index (Phi) is 5.99. The second kappa shape index (κ2) is 7.98. The molecule has 0 aromatic carbocycles. The Morgan fingerprint density at radius 3 is 3.00 bits per heavy atom. The summed E-state index contributed by atoms with van der Waals surface area (Å²) in [6, 6.07) is 3.35. The molecular weight excluding hydrogens is 266 g/mol. The fraction of sp³-hybridized carbons (Fsp3) is 0.625. The molecule has 1 aliphatic rings. The largest absolute Gasteiger partial charge is 0.474 e. The summed E-state index contributed by atoms with van der Waals surface area (Å²) in [6.45, 7) is 2.42. The average molecular weight is 291 g/mol. The van der Waals surface area contributed by atoms with Gasteiger partial charge in [-0.05, 0) is 38.2 Å². The molecule has 5 nitrogen and oxygen atoms in total. The third-order valence-corrected chi connectivity index (χ3v) is 3.82. The van der Waals surface area contributed by atoms with Crippen molar-refractivity contribution < 1.29 is 9.53 Å². The smallest absolute Gasteiger partial charge is 0.237 e. The van der Waals surface area contributed by atoms with Crippen LogP contribution in [0.25, 0.3) is 0 Å². The van der Waals surface area contributed by atoms with Crippen molar-refractivity contribution in [2.24, 2.45) is 5.73 Å². The average Bonchev–Trinajstić information content (AvgIpc) is 2.99. The Morgan fingerprint density at radius 2 is 2.29 bits per heavy atom. The molecule has 1 aromatic heterocycles. The van der Waals surface area contributed by atoms with Crippen molar-refractivity contribution in [3.8, 4) is 5.88 Å². The summed E-state index contributed by atoms with van der Waals surface area (Å²) >= 11 is 0. The molecule has 0 spiro atoms. The van der Waals surface area contributed by atoms with Crippen LogP contribution < -0.4 is 15.8 Å². The summed E-state index contributed by atoms with van der Waals surface area (Å²) in [7, 11) is 0. The van der Waals surface area contributed by atoms with Gasteiger partial charge in [0.1, 0.15) is 6.10 Å². The first-order valence-electron chi connectivity index (χ1n) is 7.84. The monoisotopic (exact) mass is 291 g/mol. The van der Waals surface area contributed by atoms with Crippen LogP contribution in [-0.2, 0) is 11.3 Å². The van der Waals surface area contributed by atoms with Crippen LogP contribution in [0.1, 0.15) is 51.0 Å². The van der Waals surface area contributed by atoms with Crippen LogP contribution in [0.15, 0.2) is 18.3 Å². The number of nitrogens with one attached hydrogen (secondary N) is 1. The predicted molar refractivity (Wildman–Crippen MR) is 81.9 cm³/mol. The van der Waals surface area contributed by atoms with E-state index in [2.05, 4.69) is 10.3 Å². The number of hydrogen-bond donors (Lipinski definition) is 2. The predicted octanol–water partition coefficient (Wildman–Crippen LogP) is 2.15. The van der Waals surface area contributed by atoms with Gasteiger partial charge in [0.15, 0.2) is 0 Å². The van der Waals surface area contributed by atoms with Crippen molar-refractivity contribution in [1.29, 1.82) is 0 Å².